The number of rotatable bonds is 1. The third-order valence-corrected chi connectivity index (χ3v) is 1.54. The Kier molecular flexibility index (Phi) is 4.47. The molecule has 0 bridgehead atoms. The van der Waals surface area contributed by atoms with E-state index in [0.717, 1.165) is 6.20 Å². The van der Waals surface area contributed by atoms with E-state index in [9.17, 15) is 4.39 Å². The molecule has 12 heavy (non-hydrogen) atoms. The Morgan fingerprint density at radius 2 is 2.25 bits per heavy atom. The van der Waals surface area contributed by atoms with Crippen LogP contribution in [0.15, 0.2) is 12.3 Å². The van der Waals surface area contributed by atoms with Crippen LogP contribution in [0.2, 0.25) is 0 Å². The number of hydrogen-bond donors (Lipinski definition) is 3. The molecule has 1 aromatic heterocycles. The summed E-state index contributed by atoms with van der Waals surface area (Å²) in [5.74, 6) is -0.480. The maximum atomic E-state index is 12.5. The average Bonchev–Trinajstić information content (AvgIpc) is 1.94. The van der Waals surface area contributed by atoms with Crippen molar-refractivity contribution >= 4 is 18.5 Å². The molecule has 0 aromatic carbocycles. The van der Waals surface area contributed by atoms with Crippen molar-refractivity contribution in [3.05, 3.63) is 23.8 Å². The van der Waals surface area contributed by atoms with Crippen LogP contribution in [0.5, 0.6) is 0 Å². The predicted molar refractivity (Wildman–Crippen MR) is 40.3 cm³/mol. The fourth-order valence-electron chi connectivity index (χ4n) is 0.734. The molecule has 0 aliphatic heterocycles. The SMILES string of the molecule is Cc1ncc(F)cc1[NH+](O)S.[Cl-]. The van der Waals surface area contributed by atoms with Crippen molar-refractivity contribution < 1.29 is 26.5 Å². The van der Waals surface area contributed by atoms with Crippen LogP contribution in [0, 0.1) is 12.7 Å². The van der Waals surface area contributed by atoms with E-state index in [4.69, 9.17) is 5.21 Å². The molecule has 1 aromatic rings. The summed E-state index contributed by atoms with van der Waals surface area (Å²) in [6.07, 6.45) is 1.09. The van der Waals surface area contributed by atoms with Crippen molar-refractivity contribution in [3.8, 4) is 0 Å². The van der Waals surface area contributed by atoms with Crippen LogP contribution < -0.4 is 16.9 Å². The van der Waals surface area contributed by atoms with Gasteiger partial charge in [0.05, 0.1) is 19.0 Å². The second kappa shape index (κ2) is 4.61. The highest BCUT2D eigenvalue weighted by atomic mass is 35.5. The molecule has 2 N–H and O–H groups in total. The van der Waals surface area contributed by atoms with Gasteiger partial charge in [-0.3, -0.25) is 4.98 Å². The zero-order chi connectivity index (χ0) is 8.43. The van der Waals surface area contributed by atoms with Crippen LogP contribution in [0.4, 0.5) is 10.1 Å². The molecule has 1 atom stereocenters. The molecule has 0 saturated carbocycles. The summed E-state index contributed by atoms with van der Waals surface area (Å²) in [5, 5.41) is 8.90. The molecule has 0 aliphatic carbocycles. The van der Waals surface area contributed by atoms with Crippen molar-refractivity contribution in [3.63, 3.8) is 0 Å². The van der Waals surface area contributed by atoms with Gasteiger partial charge in [0.15, 0.2) is 5.69 Å². The lowest BCUT2D eigenvalue weighted by Crippen LogP contribution is -3.00. The lowest BCUT2D eigenvalue weighted by Gasteiger charge is -2.02. The van der Waals surface area contributed by atoms with E-state index in [1.54, 1.807) is 6.92 Å². The van der Waals surface area contributed by atoms with Gasteiger partial charge in [-0.25, -0.2) is 9.60 Å². The molecule has 68 valence electrons. The van der Waals surface area contributed by atoms with Crippen molar-refractivity contribution in [2.24, 2.45) is 0 Å². The Hall–Kier alpha value is -0.360. The fraction of sp³-hybridized carbons (Fsp3) is 0.167. The Bertz CT molecular complexity index is 272. The molecular formula is C6H8ClFN2OS. The second-order valence-corrected chi connectivity index (χ2v) is 2.53. The summed E-state index contributed by atoms with van der Waals surface area (Å²) in [6.45, 7) is 1.67. The number of nitrogens with zero attached hydrogens (tertiary/aromatic N) is 1. The minimum atomic E-state index is -0.480. The number of quaternary nitrogens is 1. The Balaban J connectivity index is 0.00000121. The van der Waals surface area contributed by atoms with E-state index in [2.05, 4.69) is 17.8 Å². The van der Waals surface area contributed by atoms with Gasteiger partial charge in [0.2, 0.25) is 0 Å². The highest BCUT2D eigenvalue weighted by molar-refractivity contribution is 7.73. The summed E-state index contributed by atoms with van der Waals surface area (Å²) in [7, 11) is 0. The van der Waals surface area contributed by atoms with Crippen LogP contribution in [0.3, 0.4) is 0 Å². The standard InChI is InChI=1S/C6H7FN2OS.ClH/c1-4-6(9(10)11)2-5(7)3-8-4;/h2-3,10-11H,1H3;1H. The van der Waals surface area contributed by atoms with Gasteiger partial charge in [-0.05, 0) is 6.92 Å². The summed E-state index contributed by atoms with van der Waals surface area (Å²) < 4.78 is 12.3. The van der Waals surface area contributed by atoms with Crippen molar-refractivity contribution in [1.82, 2.24) is 4.98 Å². The summed E-state index contributed by atoms with van der Waals surface area (Å²) >= 11 is 3.67. The van der Waals surface area contributed by atoms with Crippen LogP contribution in [0.25, 0.3) is 0 Å². The molecule has 0 saturated heterocycles. The van der Waals surface area contributed by atoms with E-state index >= 15 is 0 Å². The van der Waals surface area contributed by atoms with Crippen molar-refractivity contribution in [2.45, 2.75) is 6.92 Å². The fourth-order valence-corrected chi connectivity index (χ4v) is 0.960. The first-order valence-corrected chi connectivity index (χ1v) is 3.43. The number of aromatic nitrogens is 1. The van der Waals surface area contributed by atoms with Gasteiger partial charge >= 0.3 is 0 Å². The molecule has 3 nitrogen and oxygen atoms in total. The van der Waals surface area contributed by atoms with Crippen LogP contribution in [-0.2, 0) is 0 Å². The molecule has 0 radical (unpaired) electrons. The van der Waals surface area contributed by atoms with Gasteiger partial charge in [0, 0.05) is 6.07 Å². The Morgan fingerprint density at radius 3 is 2.67 bits per heavy atom. The third-order valence-electron chi connectivity index (χ3n) is 1.29. The predicted octanol–water partition coefficient (Wildman–Crippen LogP) is -2.72. The zero-order valence-electron chi connectivity index (χ0n) is 6.25. The van der Waals surface area contributed by atoms with Crippen LogP contribution >= 0.6 is 12.8 Å². The smallest absolute Gasteiger partial charge is 0.199 e. The second-order valence-electron chi connectivity index (χ2n) is 2.11. The summed E-state index contributed by atoms with van der Waals surface area (Å²) in [5.41, 5.74) is 0.882. The van der Waals surface area contributed by atoms with Gasteiger partial charge < -0.3 is 12.4 Å². The first kappa shape index (κ1) is 11.6. The normalized spacial score (nSPS) is 12.0. The number of halogens is 2. The van der Waals surface area contributed by atoms with Crippen molar-refractivity contribution in [2.75, 3.05) is 0 Å². The maximum absolute atomic E-state index is 12.5. The third kappa shape index (κ3) is 2.60. The minimum Gasteiger partial charge on any atom is -1.00 e. The topological polar surface area (TPSA) is 37.6 Å². The monoisotopic (exact) mass is 210 g/mol. The van der Waals surface area contributed by atoms with E-state index in [1.807, 2.05) is 0 Å². The number of nitrogens with one attached hydrogen (secondary N) is 1. The van der Waals surface area contributed by atoms with Crippen LogP contribution in [0.1, 0.15) is 5.69 Å². The molecule has 0 fully saturated rings. The quantitative estimate of drug-likeness (QED) is 0.348. The first-order valence-electron chi connectivity index (χ1n) is 2.98. The molecule has 1 heterocycles. The van der Waals surface area contributed by atoms with Crippen molar-refractivity contribution in [1.29, 1.82) is 0 Å². The maximum Gasteiger partial charge on any atom is 0.199 e. The summed E-state index contributed by atoms with van der Waals surface area (Å²) in [4.78, 5) is 3.70. The summed E-state index contributed by atoms with van der Waals surface area (Å²) in [6, 6.07) is 1.19. The molecule has 1 rings (SSSR count). The lowest BCUT2D eigenvalue weighted by atomic mass is 10.3. The van der Waals surface area contributed by atoms with E-state index in [0.29, 0.717) is 11.4 Å². The van der Waals surface area contributed by atoms with Gasteiger partial charge in [-0.1, -0.05) is 0 Å². The first-order chi connectivity index (χ1) is 5.11. The number of pyridine rings is 1. The Labute approximate surface area is 81.1 Å². The highest BCUT2D eigenvalue weighted by Crippen LogP contribution is 2.07. The van der Waals surface area contributed by atoms with E-state index in [-0.39, 0.29) is 16.9 Å². The molecule has 0 amide bonds. The largest absolute Gasteiger partial charge is 1.00 e. The van der Waals surface area contributed by atoms with Gasteiger partial charge in [-0.2, -0.15) is 0 Å². The Morgan fingerprint density at radius 1 is 1.67 bits per heavy atom. The molecule has 6 heteroatoms. The lowest BCUT2D eigenvalue weighted by molar-refractivity contribution is -0.910. The minimum absolute atomic E-state index is 0. The average molecular weight is 211 g/mol. The van der Waals surface area contributed by atoms with Crippen LogP contribution in [-0.4, -0.2) is 10.2 Å². The van der Waals surface area contributed by atoms with Gasteiger partial charge in [0.25, 0.3) is 0 Å². The zero-order valence-corrected chi connectivity index (χ0v) is 7.90. The highest BCUT2D eigenvalue weighted by Gasteiger charge is 2.10. The van der Waals surface area contributed by atoms with Gasteiger partial charge in [0.1, 0.15) is 11.5 Å². The van der Waals surface area contributed by atoms with E-state index in [1.165, 1.54) is 6.07 Å². The number of thiol groups is 1. The number of hydrogen-bond acceptors (Lipinski definition) is 3. The number of aryl methyl sites for hydroxylation is 1. The van der Waals surface area contributed by atoms with Gasteiger partial charge in [-0.15, -0.1) is 4.47 Å². The van der Waals surface area contributed by atoms with E-state index < -0.39 is 5.82 Å². The molecular weight excluding hydrogens is 203 g/mol. The molecule has 0 spiro atoms. The molecule has 0 aliphatic rings. The molecule has 1 unspecified atom stereocenters.